The zero-order chi connectivity index (χ0) is 12.2. The van der Waals surface area contributed by atoms with Crippen LogP contribution >= 0.6 is 11.6 Å². The maximum atomic E-state index is 9.77. The molecule has 0 aliphatic heterocycles. The minimum absolute atomic E-state index is 0.120. The Balaban J connectivity index is 2.71. The Morgan fingerprint density at radius 1 is 1.31 bits per heavy atom. The van der Waals surface area contributed by atoms with E-state index >= 15 is 0 Å². The number of phenols is 1. The third kappa shape index (κ3) is 3.13. The van der Waals surface area contributed by atoms with E-state index in [2.05, 4.69) is 26.1 Å². The summed E-state index contributed by atoms with van der Waals surface area (Å²) in [6, 6.07) is 5.44. The Morgan fingerprint density at radius 2 is 1.94 bits per heavy atom. The van der Waals surface area contributed by atoms with Gasteiger partial charge in [-0.3, -0.25) is 0 Å². The molecule has 1 aromatic carbocycles. The first-order chi connectivity index (χ1) is 7.52. The molecule has 2 nitrogen and oxygen atoms in total. The maximum absolute atomic E-state index is 9.77. The number of nitrogens with one attached hydrogen (secondary N) is 1. The highest BCUT2D eigenvalue weighted by molar-refractivity contribution is 6.32. The quantitative estimate of drug-likeness (QED) is 0.824. The van der Waals surface area contributed by atoms with Crippen molar-refractivity contribution < 1.29 is 5.11 Å². The van der Waals surface area contributed by atoms with Gasteiger partial charge in [0.05, 0.1) is 5.02 Å². The fourth-order valence-corrected chi connectivity index (χ4v) is 1.71. The van der Waals surface area contributed by atoms with Crippen LogP contribution in [0, 0.1) is 0 Å². The lowest BCUT2D eigenvalue weighted by molar-refractivity contribution is 0.326. The fourth-order valence-electron chi connectivity index (χ4n) is 1.51. The Kier molecular flexibility index (Phi) is 4.63. The molecule has 0 amide bonds. The van der Waals surface area contributed by atoms with Gasteiger partial charge in [-0.15, -0.1) is 0 Å². The zero-order valence-electron chi connectivity index (χ0n) is 10.2. The SMILES string of the molecule is CCC(C)(CC)NCc1cccc(Cl)c1O. The van der Waals surface area contributed by atoms with Crippen molar-refractivity contribution in [1.82, 2.24) is 5.32 Å². The highest BCUT2D eigenvalue weighted by atomic mass is 35.5. The van der Waals surface area contributed by atoms with E-state index in [1.165, 1.54) is 0 Å². The number of rotatable bonds is 5. The molecule has 1 rings (SSSR count). The molecule has 0 atom stereocenters. The van der Waals surface area contributed by atoms with E-state index in [0.29, 0.717) is 11.6 Å². The van der Waals surface area contributed by atoms with E-state index in [1.807, 2.05) is 12.1 Å². The second kappa shape index (κ2) is 5.55. The summed E-state index contributed by atoms with van der Waals surface area (Å²) in [5.74, 6) is 0.186. The number of aromatic hydroxyl groups is 1. The van der Waals surface area contributed by atoms with Crippen LogP contribution in [0.15, 0.2) is 18.2 Å². The van der Waals surface area contributed by atoms with Crippen LogP contribution in [0.1, 0.15) is 39.2 Å². The minimum Gasteiger partial charge on any atom is -0.506 e. The van der Waals surface area contributed by atoms with Crippen molar-refractivity contribution in [2.24, 2.45) is 0 Å². The topological polar surface area (TPSA) is 32.3 Å². The molecule has 0 radical (unpaired) electrons. The lowest BCUT2D eigenvalue weighted by atomic mass is 9.95. The molecule has 1 aromatic rings. The van der Waals surface area contributed by atoms with E-state index in [-0.39, 0.29) is 11.3 Å². The van der Waals surface area contributed by atoms with Gasteiger partial charge in [0.2, 0.25) is 0 Å². The summed E-state index contributed by atoms with van der Waals surface area (Å²) >= 11 is 5.85. The van der Waals surface area contributed by atoms with E-state index in [1.54, 1.807) is 6.07 Å². The van der Waals surface area contributed by atoms with Crippen LogP contribution in [0.25, 0.3) is 0 Å². The number of halogens is 1. The Labute approximate surface area is 103 Å². The molecular weight excluding hydrogens is 222 g/mol. The van der Waals surface area contributed by atoms with Gasteiger partial charge in [-0.1, -0.05) is 37.6 Å². The Bertz CT molecular complexity index is 348. The van der Waals surface area contributed by atoms with Crippen LogP contribution in [0.3, 0.4) is 0 Å². The monoisotopic (exact) mass is 241 g/mol. The average Bonchev–Trinajstić information content (AvgIpc) is 2.31. The number of hydrogen-bond acceptors (Lipinski definition) is 2. The lowest BCUT2D eigenvalue weighted by Crippen LogP contribution is -2.40. The first-order valence-electron chi connectivity index (χ1n) is 5.74. The average molecular weight is 242 g/mol. The van der Waals surface area contributed by atoms with Crippen LogP contribution in [-0.4, -0.2) is 10.6 Å². The molecule has 0 saturated heterocycles. The highest BCUT2D eigenvalue weighted by Crippen LogP contribution is 2.27. The number of hydrogen-bond donors (Lipinski definition) is 2. The molecule has 16 heavy (non-hydrogen) atoms. The molecular formula is C13H20ClNO. The lowest BCUT2D eigenvalue weighted by Gasteiger charge is -2.28. The molecule has 3 heteroatoms. The van der Waals surface area contributed by atoms with Gasteiger partial charge < -0.3 is 10.4 Å². The molecule has 0 spiro atoms. The van der Waals surface area contributed by atoms with E-state index in [9.17, 15) is 5.11 Å². The molecule has 0 aliphatic rings. The molecule has 0 saturated carbocycles. The second-order valence-corrected chi connectivity index (χ2v) is 4.78. The van der Waals surface area contributed by atoms with Gasteiger partial charge in [0, 0.05) is 17.6 Å². The Morgan fingerprint density at radius 3 is 2.50 bits per heavy atom. The van der Waals surface area contributed by atoms with Crippen LogP contribution in [-0.2, 0) is 6.54 Å². The number of para-hydroxylation sites is 1. The van der Waals surface area contributed by atoms with Crippen LogP contribution in [0.5, 0.6) is 5.75 Å². The van der Waals surface area contributed by atoms with Gasteiger partial charge in [-0.25, -0.2) is 0 Å². The minimum atomic E-state index is 0.120. The summed E-state index contributed by atoms with van der Waals surface area (Å²) < 4.78 is 0. The normalized spacial score (nSPS) is 11.8. The first-order valence-corrected chi connectivity index (χ1v) is 6.11. The van der Waals surface area contributed by atoms with Crippen molar-refractivity contribution in [1.29, 1.82) is 0 Å². The Hall–Kier alpha value is -0.730. The van der Waals surface area contributed by atoms with Crippen molar-refractivity contribution in [3.05, 3.63) is 28.8 Å². The van der Waals surface area contributed by atoms with Gasteiger partial charge in [0.15, 0.2) is 0 Å². The number of phenolic OH excluding ortho intramolecular Hbond substituents is 1. The predicted octanol–water partition coefficient (Wildman–Crippen LogP) is 3.71. The summed E-state index contributed by atoms with van der Waals surface area (Å²) in [6.07, 6.45) is 2.12. The molecule has 0 aromatic heterocycles. The van der Waals surface area contributed by atoms with E-state index in [4.69, 9.17) is 11.6 Å². The van der Waals surface area contributed by atoms with Gasteiger partial charge in [-0.05, 0) is 25.8 Å². The second-order valence-electron chi connectivity index (χ2n) is 4.37. The van der Waals surface area contributed by atoms with Crippen molar-refractivity contribution in [3.63, 3.8) is 0 Å². The van der Waals surface area contributed by atoms with Crippen LogP contribution in [0.2, 0.25) is 5.02 Å². The number of benzene rings is 1. The molecule has 2 N–H and O–H groups in total. The van der Waals surface area contributed by atoms with Gasteiger partial charge in [0.1, 0.15) is 5.75 Å². The largest absolute Gasteiger partial charge is 0.506 e. The predicted molar refractivity (Wildman–Crippen MR) is 68.9 cm³/mol. The fraction of sp³-hybridized carbons (Fsp3) is 0.538. The third-order valence-corrected chi connectivity index (χ3v) is 3.64. The molecule has 0 fully saturated rings. The van der Waals surface area contributed by atoms with Crippen molar-refractivity contribution in [3.8, 4) is 5.75 Å². The van der Waals surface area contributed by atoms with Gasteiger partial charge in [-0.2, -0.15) is 0 Å². The zero-order valence-corrected chi connectivity index (χ0v) is 10.9. The molecule has 0 unspecified atom stereocenters. The van der Waals surface area contributed by atoms with Crippen molar-refractivity contribution in [2.45, 2.75) is 45.7 Å². The summed E-state index contributed by atoms with van der Waals surface area (Å²) in [5, 5.41) is 13.6. The van der Waals surface area contributed by atoms with Crippen LogP contribution in [0.4, 0.5) is 0 Å². The smallest absolute Gasteiger partial charge is 0.138 e. The van der Waals surface area contributed by atoms with Gasteiger partial charge >= 0.3 is 0 Å². The summed E-state index contributed by atoms with van der Waals surface area (Å²) in [4.78, 5) is 0. The summed E-state index contributed by atoms with van der Waals surface area (Å²) in [7, 11) is 0. The molecule has 0 bridgehead atoms. The van der Waals surface area contributed by atoms with E-state index in [0.717, 1.165) is 18.4 Å². The van der Waals surface area contributed by atoms with Crippen molar-refractivity contribution in [2.75, 3.05) is 0 Å². The first kappa shape index (κ1) is 13.3. The molecule has 90 valence electrons. The summed E-state index contributed by atoms with van der Waals surface area (Å²) in [5.41, 5.74) is 0.968. The third-order valence-electron chi connectivity index (χ3n) is 3.34. The van der Waals surface area contributed by atoms with Crippen LogP contribution < -0.4 is 5.32 Å². The standard InChI is InChI=1S/C13H20ClNO/c1-4-13(3,5-2)15-9-10-7-6-8-11(14)12(10)16/h6-8,15-16H,4-5,9H2,1-3H3. The summed E-state index contributed by atoms with van der Waals surface area (Å²) in [6.45, 7) is 7.15. The maximum Gasteiger partial charge on any atom is 0.138 e. The molecule has 0 aliphatic carbocycles. The van der Waals surface area contributed by atoms with E-state index < -0.39 is 0 Å². The van der Waals surface area contributed by atoms with Crippen molar-refractivity contribution >= 4 is 11.6 Å². The highest BCUT2D eigenvalue weighted by Gasteiger charge is 2.18. The van der Waals surface area contributed by atoms with Gasteiger partial charge in [0.25, 0.3) is 0 Å². The molecule has 0 heterocycles.